The Balaban J connectivity index is 1.81. The van der Waals surface area contributed by atoms with Crippen molar-refractivity contribution in [2.24, 2.45) is 0 Å². The highest BCUT2D eigenvalue weighted by molar-refractivity contribution is 5.89. The minimum atomic E-state index is -0.969. The van der Waals surface area contributed by atoms with Gasteiger partial charge in [0.05, 0.1) is 18.8 Å². The van der Waals surface area contributed by atoms with Gasteiger partial charge in [0, 0.05) is 16.5 Å². The molecule has 2 aromatic carbocycles. The smallest absolute Gasteiger partial charge is 0.344 e. The van der Waals surface area contributed by atoms with Crippen LogP contribution in [0.4, 0.5) is 0 Å². The summed E-state index contributed by atoms with van der Waals surface area (Å²) < 4.78 is 21.6. The van der Waals surface area contributed by atoms with Crippen LogP contribution in [0, 0.1) is 0 Å². The number of hydrogen-bond donors (Lipinski definition) is 1. The second-order valence-electron chi connectivity index (χ2n) is 10.7. The van der Waals surface area contributed by atoms with Crippen LogP contribution in [-0.4, -0.2) is 36.5 Å². The molecule has 3 aromatic rings. The van der Waals surface area contributed by atoms with E-state index in [1.165, 1.54) is 0 Å². The molecule has 0 aliphatic heterocycles. The van der Waals surface area contributed by atoms with Gasteiger partial charge in [-0.3, -0.25) is 0 Å². The Morgan fingerprint density at radius 3 is 2.05 bits per heavy atom. The van der Waals surface area contributed by atoms with Gasteiger partial charge in [-0.1, -0.05) is 31.9 Å². The number of esters is 2. The van der Waals surface area contributed by atoms with E-state index < -0.39 is 23.9 Å². The Morgan fingerprint density at radius 1 is 0.837 bits per heavy atom. The highest BCUT2D eigenvalue weighted by Crippen LogP contribution is 2.27. The molecule has 1 atom stereocenters. The SMILES string of the molecule is C=C(C)C(=O)OCCCCc1cc2oc(=O)c(-c3ccc(OC(=O)C(=C)C)cc3)cc2cc1CCCCOC(O)C(=C)C. The van der Waals surface area contributed by atoms with Crippen molar-refractivity contribution in [1.82, 2.24) is 0 Å². The summed E-state index contributed by atoms with van der Waals surface area (Å²) in [5, 5.41) is 10.6. The van der Waals surface area contributed by atoms with Crippen molar-refractivity contribution in [3.63, 3.8) is 0 Å². The van der Waals surface area contributed by atoms with E-state index in [-0.39, 0.29) is 5.57 Å². The van der Waals surface area contributed by atoms with Gasteiger partial charge in [-0.2, -0.15) is 0 Å². The summed E-state index contributed by atoms with van der Waals surface area (Å²) >= 11 is 0. The van der Waals surface area contributed by atoms with Crippen LogP contribution >= 0.6 is 0 Å². The highest BCUT2D eigenvalue weighted by atomic mass is 16.6. The Morgan fingerprint density at radius 2 is 1.44 bits per heavy atom. The van der Waals surface area contributed by atoms with Crippen LogP contribution < -0.4 is 10.4 Å². The molecule has 0 radical (unpaired) electrons. The fraction of sp³-hybridized carbons (Fsp3) is 0.343. The molecule has 8 heteroatoms. The first kappa shape index (κ1) is 33.2. The van der Waals surface area contributed by atoms with E-state index in [0.717, 1.165) is 48.6 Å². The summed E-state index contributed by atoms with van der Waals surface area (Å²) in [7, 11) is 0. The fourth-order valence-electron chi connectivity index (χ4n) is 4.28. The number of benzene rings is 2. The maximum absolute atomic E-state index is 13.0. The molecule has 3 rings (SSSR count). The molecule has 1 N–H and O–H groups in total. The van der Waals surface area contributed by atoms with Gasteiger partial charge in [-0.05, 0) is 112 Å². The monoisotopic (exact) mass is 588 g/mol. The topological polar surface area (TPSA) is 112 Å². The van der Waals surface area contributed by atoms with E-state index in [1.54, 1.807) is 45.0 Å². The van der Waals surface area contributed by atoms with Crippen molar-refractivity contribution < 1.29 is 33.3 Å². The lowest BCUT2D eigenvalue weighted by Crippen LogP contribution is -2.13. The standard InChI is InChI=1S/C35H40O8/c1-22(2)32(36)40-17-9-7-11-26-19-28-20-30(25-13-15-29(16-14-25)42-34(38)24(5)6)35(39)43-31(28)21-27(26)12-8-10-18-41-33(37)23(3)4/h13-16,19-21,32,36H,1,3,5,7-12,17-18H2,2,4,6H3. The van der Waals surface area contributed by atoms with E-state index in [9.17, 15) is 19.5 Å². The number of unbranched alkanes of at least 4 members (excludes halogenated alkanes) is 2. The van der Waals surface area contributed by atoms with Gasteiger partial charge in [-0.15, -0.1) is 0 Å². The number of hydrogen-bond acceptors (Lipinski definition) is 8. The molecule has 0 aliphatic carbocycles. The highest BCUT2D eigenvalue weighted by Gasteiger charge is 2.14. The Hall–Kier alpha value is -4.27. The fourth-order valence-corrected chi connectivity index (χ4v) is 4.28. The van der Waals surface area contributed by atoms with Crippen molar-refractivity contribution in [3.05, 3.63) is 100 Å². The van der Waals surface area contributed by atoms with Crippen LogP contribution in [0.15, 0.2) is 88.1 Å². The minimum absolute atomic E-state index is 0.289. The Labute approximate surface area is 252 Å². The van der Waals surface area contributed by atoms with Crippen LogP contribution in [0.3, 0.4) is 0 Å². The van der Waals surface area contributed by atoms with E-state index in [2.05, 4.69) is 19.7 Å². The summed E-state index contributed by atoms with van der Waals surface area (Å²) in [6.07, 6.45) is 3.55. The van der Waals surface area contributed by atoms with Crippen molar-refractivity contribution in [2.45, 2.75) is 65.6 Å². The lowest BCUT2D eigenvalue weighted by molar-refractivity contribution is -0.139. The molecule has 0 amide bonds. The Kier molecular flexibility index (Phi) is 12.2. The number of aliphatic hydroxyl groups excluding tert-OH is 1. The van der Waals surface area contributed by atoms with Crippen LogP contribution in [0.1, 0.15) is 57.6 Å². The number of rotatable bonds is 16. The summed E-state index contributed by atoms with van der Waals surface area (Å²) in [4.78, 5) is 36.5. The third-order valence-corrected chi connectivity index (χ3v) is 6.74. The van der Waals surface area contributed by atoms with Crippen LogP contribution in [-0.2, 0) is 31.9 Å². The van der Waals surface area contributed by atoms with E-state index >= 15 is 0 Å². The van der Waals surface area contributed by atoms with Crippen LogP contribution in [0.25, 0.3) is 22.1 Å². The van der Waals surface area contributed by atoms with Gasteiger partial charge >= 0.3 is 17.6 Å². The summed E-state index contributed by atoms with van der Waals surface area (Å²) in [6, 6.07) is 12.4. The second-order valence-corrected chi connectivity index (χ2v) is 10.7. The number of fused-ring (bicyclic) bond motifs is 1. The molecule has 0 spiro atoms. The van der Waals surface area contributed by atoms with Crippen LogP contribution in [0.5, 0.6) is 5.75 Å². The van der Waals surface area contributed by atoms with Gasteiger partial charge < -0.3 is 23.7 Å². The first-order valence-corrected chi connectivity index (χ1v) is 14.3. The molecule has 1 aromatic heterocycles. The predicted molar refractivity (Wildman–Crippen MR) is 167 cm³/mol. The summed E-state index contributed by atoms with van der Waals surface area (Å²) in [5.41, 5.74) is 4.43. The number of carbonyl (C=O) groups is 2. The minimum Gasteiger partial charge on any atom is -0.462 e. The van der Waals surface area contributed by atoms with Gasteiger partial charge in [0.25, 0.3) is 0 Å². The lowest BCUT2D eigenvalue weighted by atomic mass is 9.95. The first-order valence-electron chi connectivity index (χ1n) is 14.3. The van der Waals surface area contributed by atoms with Crippen molar-refractivity contribution in [2.75, 3.05) is 13.2 Å². The molecular weight excluding hydrogens is 548 g/mol. The molecule has 43 heavy (non-hydrogen) atoms. The summed E-state index contributed by atoms with van der Waals surface area (Å²) in [5.74, 6) is -0.568. The van der Waals surface area contributed by atoms with Crippen molar-refractivity contribution in [3.8, 4) is 16.9 Å². The number of ether oxygens (including phenoxy) is 3. The molecule has 0 bridgehead atoms. The van der Waals surface area contributed by atoms with Gasteiger partial charge in [0.2, 0.25) is 0 Å². The Bertz CT molecular complexity index is 1540. The first-order chi connectivity index (χ1) is 20.5. The lowest BCUT2D eigenvalue weighted by Gasteiger charge is -2.14. The zero-order chi connectivity index (χ0) is 31.5. The number of aliphatic hydroxyl groups is 1. The largest absolute Gasteiger partial charge is 0.462 e. The molecule has 0 aliphatic rings. The zero-order valence-corrected chi connectivity index (χ0v) is 25.2. The van der Waals surface area contributed by atoms with E-state index in [0.29, 0.717) is 53.2 Å². The molecule has 228 valence electrons. The van der Waals surface area contributed by atoms with Crippen molar-refractivity contribution in [1.29, 1.82) is 0 Å². The van der Waals surface area contributed by atoms with E-state index in [4.69, 9.17) is 18.6 Å². The zero-order valence-electron chi connectivity index (χ0n) is 25.2. The quantitative estimate of drug-likeness (QED) is 0.0378. The normalized spacial score (nSPS) is 11.6. The average Bonchev–Trinajstić information content (AvgIpc) is 2.96. The third-order valence-electron chi connectivity index (χ3n) is 6.74. The maximum Gasteiger partial charge on any atom is 0.344 e. The average molecular weight is 589 g/mol. The van der Waals surface area contributed by atoms with Gasteiger partial charge in [0.15, 0.2) is 6.29 Å². The molecule has 0 saturated heterocycles. The molecule has 1 unspecified atom stereocenters. The van der Waals surface area contributed by atoms with Crippen LogP contribution in [0.2, 0.25) is 0 Å². The predicted octanol–water partition coefficient (Wildman–Crippen LogP) is 6.62. The third kappa shape index (κ3) is 9.91. The molecule has 0 saturated carbocycles. The number of aryl methyl sites for hydroxylation is 2. The molecule has 8 nitrogen and oxygen atoms in total. The van der Waals surface area contributed by atoms with Gasteiger partial charge in [-0.25, -0.2) is 14.4 Å². The molecule has 1 heterocycles. The second kappa shape index (κ2) is 15.8. The van der Waals surface area contributed by atoms with Crippen molar-refractivity contribution >= 4 is 22.9 Å². The number of carbonyl (C=O) groups excluding carboxylic acids is 2. The molecular formula is C35H40O8. The maximum atomic E-state index is 13.0. The molecule has 0 fully saturated rings. The summed E-state index contributed by atoms with van der Waals surface area (Å²) in [6.45, 7) is 16.5. The van der Waals surface area contributed by atoms with Gasteiger partial charge in [0.1, 0.15) is 11.3 Å². The van der Waals surface area contributed by atoms with E-state index in [1.807, 2.05) is 18.2 Å².